The van der Waals surface area contributed by atoms with E-state index in [4.69, 9.17) is 4.74 Å². The van der Waals surface area contributed by atoms with Gasteiger partial charge in [0.05, 0.1) is 7.11 Å². The van der Waals surface area contributed by atoms with Crippen molar-refractivity contribution < 1.29 is 4.74 Å². The van der Waals surface area contributed by atoms with Crippen LogP contribution in [-0.4, -0.2) is 23.5 Å². The van der Waals surface area contributed by atoms with E-state index in [1.807, 2.05) is 6.07 Å². The summed E-state index contributed by atoms with van der Waals surface area (Å²) in [7, 11) is 1.67. The van der Waals surface area contributed by atoms with Crippen LogP contribution in [-0.2, 0) is 6.54 Å². The molecule has 0 amide bonds. The van der Waals surface area contributed by atoms with E-state index in [2.05, 4.69) is 53.2 Å². The van der Waals surface area contributed by atoms with Gasteiger partial charge in [-0.05, 0) is 37.4 Å². The zero-order valence-corrected chi connectivity index (χ0v) is 13.5. The minimum absolute atomic E-state index is 0.465. The summed E-state index contributed by atoms with van der Waals surface area (Å²) in [5.41, 5.74) is 3.81. The van der Waals surface area contributed by atoms with E-state index in [-0.39, 0.29) is 0 Å². The molecule has 0 bridgehead atoms. The number of ether oxygens (including phenoxy) is 1. The zero-order valence-electron chi connectivity index (χ0n) is 13.5. The highest BCUT2D eigenvalue weighted by Crippen LogP contribution is 2.34. The number of nitrogens with zero attached hydrogens (tertiary/aromatic N) is 2. The second-order valence-corrected chi connectivity index (χ2v) is 6.00. The summed E-state index contributed by atoms with van der Waals surface area (Å²) in [6, 6.07) is 15.4. The molecule has 3 heteroatoms. The first kappa shape index (κ1) is 15.0. The van der Waals surface area contributed by atoms with Crippen LogP contribution in [0, 0.1) is 6.92 Å². The van der Waals surface area contributed by atoms with Gasteiger partial charge in [-0.3, -0.25) is 4.90 Å². The largest absolute Gasteiger partial charge is 0.481 e. The van der Waals surface area contributed by atoms with Gasteiger partial charge in [0.2, 0.25) is 5.88 Å². The lowest BCUT2D eigenvalue weighted by atomic mass is 9.94. The van der Waals surface area contributed by atoms with Crippen LogP contribution in [0.15, 0.2) is 42.5 Å². The van der Waals surface area contributed by atoms with E-state index in [9.17, 15) is 0 Å². The molecule has 22 heavy (non-hydrogen) atoms. The van der Waals surface area contributed by atoms with Gasteiger partial charge in [0.1, 0.15) is 0 Å². The standard InChI is InChI=1S/C19H24N2O/c1-15-17(11-12-19(20-15)22-2)18-10-6-7-13-21(18)14-16-8-4-3-5-9-16/h3-5,8-9,11-12,18H,6-7,10,13-14H2,1-2H3/t18-/m1/s1. The number of hydrogen-bond acceptors (Lipinski definition) is 3. The van der Waals surface area contributed by atoms with E-state index >= 15 is 0 Å². The van der Waals surface area contributed by atoms with Gasteiger partial charge in [-0.25, -0.2) is 4.98 Å². The van der Waals surface area contributed by atoms with Crippen LogP contribution < -0.4 is 4.74 Å². The second kappa shape index (κ2) is 6.93. The van der Waals surface area contributed by atoms with Gasteiger partial charge < -0.3 is 4.74 Å². The predicted octanol–water partition coefficient (Wildman–Crippen LogP) is 4.13. The van der Waals surface area contributed by atoms with Crippen molar-refractivity contribution in [1.29, 1.82) is 0 Å². The minimum atomic E-state index is 0.465. The number of aryl methyl sites for hydroxylation is 1. The molecule has 3 nitrogen and oxygen atoms in total. The third-order valence-corrected chi connectivity index (χ3v) is 4.51. The minimum Gasteiger partial charge on any atom is -0.481 e. The van der Waals surface area contributed by atoms with Crippen molar-refractivity contribution in [2.24, 2.45) is 0 Å². The highest BCUT2D eigenvalue weighted by molar-refractivity contribution is 5.28. The van der Waals surface area contributed by atoms with Gasteiger partial charge in [-0.2, -0.15) is 0 Å². The Bertz CT molecular complexity index is 612. The van der Waals surface area contributed by atoms with Crippen molar-refractivity contribution in [3.63, 3.8) is 0 Å². The van der Waals surface area contributed by atoms with Gasteiger partial charge in [0.25, 0.3) is 0 Å². The molecule has 1 aliphatic heterocycles. The van der Waals surface area contributed by atoms with Crippen molar-refractivity contribution in [2.45, 2.75) is 38.8 Å². The molecule has 1 fully saturated rings. The molecule has 0 unspecified atom stereocenters. The number of aromatic nitrogens is 1. The second-order valence-electron chi connectivity index (χ2n) is 6.00. The number of hydrogen-bond donors (Lipinski definition) is 0. The fraction of sp³-hybridized carbons (Fsp3) is 0.421. The van der Waals surface area contributed by atoms with Crippen LogP contribution in [0.4, 0.5) is 0 Å². The monoisotopic (exact) mass is 296 g/mol. The zero-order chi connectivity index (χ0) is 15.4. The van der Waals surface area contributed by atoms with Crippen LogP contribution in [0.25, 0.3) is 0 Å². The third-order valence-electron chi connectivity index (χ3n) is 4.51. The SMILES string of the molecule is COc1ccc([C@H]2CCCCN2Cc2ccccc2)c(C)n1. The van der Waals surface area contributed by atoms with Gasteiger partial charge in [0, 0.05) is 24.3 Å². The average molecular weight is 296 g/mol. The maximum Gasteiger partial charge on any atom is 0.213 e. The Morgan fingerprint density at radius 2 is 1.95 bits per heavy atom. The predicted molar refractivity (Wildman–Crippen MR) is 89.0 cm³/mol. The lowest BCUT2D eigenvalue weighted by Gasteiger charge is -2.36. The fourth-order valence-corrected chi connectivity index (χ4v) is 3.37. The Labute approximate surface area is 132 Å². The first-order valence-corrected chi connectivity index (χ1v) is 8.07. The number of benzene rings is 1. The Kier molecular flexibility index (Phi) is 4.74. The van der Waals surface area contributed by atoms with Gasteiger partial charge in [0.15, 0.2) is 0 Å². The molecule has 0 spiro atoms. The van der Waals surface area contributed by atoms with Crippen molar-refractivity contribution in [3.05, 3.63) is 59.3 Å². The van der Waals surface area contributed by atoms with Crippen molar-refractivity contribution in [1.82, 2.24) is 9.88 Å². The molecule has 1 atom stereocenters. The fourth-order valence-electron chi connectivity index (χ4n) is 3.37. The summed E-state index contributed by atoms with van der Waals surface area (Å²) in [4.78, 5) is 7.15. The summed E-state index contributed by atoms with van der Waals surface area (Å²) in [5, 5.41) is 0. The molecule has 1 saturated heterocycles. The molecule has 0 radical (unpaired) electrons. The molecule has 116 valence electrons. The Balaban J connectivity index is 1.83. The lowest BCUT2D eigenvalue weighted by molar-refractivity contribution is 0.139. The van der Waals surface area contributed by atoms with Crippen molar-refractivity contribution in [2.75, 3.05) is 13.7 Å². The maximum atomic E-state index is 5.24. The van der Waals surface area contributed by atoms with Crippen molar-refractivity contribution >= 4 is 0 Å². The third kappa shape index (κ3) is 3.30. The van der Waals surface area contributed by atoms with Crippen LogP contribution in [0.3, 0.4) is 0 Å². The smallest absolute Gasteiger partial charge is 0.213 e. The van der Waals surface area contributed by atoms with Gasteiger partial charge in [-0.1, -0.05) is 42.8 Å². The molecule has 1 aliphatic rings. The number of pyridine rings is 1. The first-order chi connectivity index (χ1) is 10.8. The van der Waals surface area contributed by atoms with Gasteiger partial charge >= 0.3 is 0 Å². The number of piperidine rings is 1. The molecule has 1 aromatic heterocycles. The molecule has 1 aromatic carbocycles. The van der Waals surface area contributed by atoms with E-state index in [1.54, 1.807) is 7.11 Å². The normalized spacial score (nSPS) is 19.1. The molecular weight excluding hydrogens is 272 g/mol. The van der Waals surface area contributed by atoms with E-state index in [0.717, 1.165) is 18.8 Å². The highest BCUT2D eigenvalue weighted by Gasteiger charge is 2.25. The van der Waals surface area contributed by atoms with E-state index < -0.39 is 0 Å². The summed E-state index contributed by atoms with van der Waals surface area (Å²) in [6.45, 7) is 4.26. The summed E-state index contributed by atoms with van der Waals surface area (Å²) in [6.07, 6.45) is 3.79. The molecule has 2 aromatic rings. The number of rotatable bonds is 4. The first-order valence-electron chi connectivity index (χ1n) is 8.07. The van der Waals surface area contributed by atoms with E-state index in [0.29, 0.717) is 11.9 Å². The molecule has 0 saturated carbocycles. The van der Waals surface area contributed by atoms with Gasteiger partial charge in [-0.15, -0.1) is 0 Å². The number of likely N-dealkylation sites (tertiary alicyclic amines) is 1. The number of methoxy groups -OCH3 is 1. The highest BCUT2D eigenvalue weighted by atomic mass is 16.5. The summed E-state index contributed by atoms with van der Waals surface area (Å²) >= 11 is 0. The molecule has 3 rings (SSSR count). The molecule has 0 N–H and O–H groups in total. The Hall–Kier alpha value is -1.87. The lowest BCUT2D eigenvalue weighted by Crippen LogP contribution is -2.33. The quantitative estimate of drug-likeness (QED) is 0.848. The van der Waals surface area contributed by atoms with E-state index in [1.165, 1.54) is 30.4 Å². The molecule has 0 aliphatic carbocycles. The van der Waals surface area contributed by atoms with Crippen LogP contribution in [0.1, 0.15) is 42.1 Å². The molecular formula is C19H24N2O. The van der Waals surface area contributed by atoms with Crippen molar-refractivity contribution in [3.8, 4) is 5.88 Å². The topological polar surface area (TPSA) is 25.4 Å². The maximum absolute atomic E-state index is 5.24. The molecule has 2 heterocycles. The van der Waals surface area contributed by atoms with Crippen LogP contribution in [0.2, 0.25) is 0 Å². The summed E-state index contributed by atoms with van der Waals surface area (Å²) in [5.74, 6) is 0.701. The average Bonchev–Trinajstić information content (AvgIpc) is 2.56. The van der Waals surface area contributed by atoms with Crippen LogP contribution in [0.5, 0.6) is 5.88 Å². The Morgan fingerprint density at radius 3 is 2.68 bits per heavy atom. The van der Waals surface area contributed by atoms with Crippen LogP contribution >= 0.6 is 0 Å². The summed E-state index contributed by atoms with van der Waals surface area (Å²) < 4.78 is 5.24. The Morgan fingerprint density at radius 1 is 1.14 bits per heavy atom.